The first kappa shape index (κ1) is 15.0. The number of rotatable bonds is 3. The van der Waals surface area contributed by atoms with Gasteiger partial charge in [0.2, 0.25) is 0 Å². The van der Waals surface area contributed by atoms with E-state index in [1.165, 1.54) is 0 Å². The molecule has 0 aliphatic rings. The minimum atomic E-state index is -0.187. The van der Waals surface area contributed by atoms with Crippen molar-refractivity contribution >= 4 is 16.8 Å². The smallest absolute Gasteiger partial charge is 0.253 e. The molecule has 0 bridgehead atoms. The van der Waals surface area contributed by atoms with Crippen LogP contribution in [0.15, 0.2) is 53.3 Å². The van der Waals surface area contributed by atoms with Gasteiger partial charge in [0.05, 0.1) is 0 Å². The highest BCUT2D eigenvalue weighted by Crippen LogP contribution is 2.13. The van der Waals surface area contributed by atoms with Gasteiger partial charge in [0.25, 0.3) is 11.5 Å². The van der Waals surface area contributed by atoms with E-state index >= 15 is 0 Å². The van der Waals surface area contributed by atoms with Crippen LogP contribution in [-0.4, -0.2) is 10.9 Å². The SMILES string of the molecule is Cc1ccc(C(=O)NCc2cc3ccc(C)cc3[nH]c2=O)cc1. The molecule has 3 aromatic rings. The summed E-state index contributed by atoms with van der Waals surface area (Å²) in [7, 11) is 0. The minimum Gasteiger partial charge on any atom is -0.348 e. The molecule has 2 aromatic carbocycles. The lowest BCUT2D eigenvalue weighted by Crippen LogP contribution is -2.26. The molecule has 0 saturated heterocycles. The second-order valence-electron chi connectivity index (χ2n) is 5.76. The van der Waals surface area contributed by atoms with Crippen molar-refractivity contribution in [3.8, 4) is 0 Å². The molecule has 1 amide bonds. The Morgan fingerprint density at radius 3 is 2.43 bits per heavy atom. The van der Waals surface area contributed by atoms with E-state index in [9.17, 15) is 9.59 Å². The lowest BCUT2D eigenvalue weighted by atomic mass is 10.1. The number of benzene rings is 2. The molecule has 0 aliphatic carbocycles. The molecule has 1 aromatic heterocycles. The van der Waals surface area contributed by atoms with E-state index < -0.39 is 0 Å². The van der Waals surface area contributed by atoms with Gasteiger partial charge in [0, 0.05) is 23.2 Å². The second kappa shape index (κ2) is 6.08. The van der Waals surface area contributed by atoms with Crippen LogP contribution >= 0.6 is 0 Å². The third kappa shape index (κ3) is 3.31. The lowest BCUT2D eigenvalue weighted by molar-refractivity contribution is 0.0951. The van der Waals surface area contributed by atoms with Gasteiger partial charge < -0.3 is 10.3 Å². The van der Waals surface area contributed by atoms with Gasteiger partial charge >= 0.3 is 0 Å². The normalized spacial score (nSPS) is 10.7. The summed E-state index contributed by atoms with van der Waals surface area (Å²) in [5.74, 6) is -0.187. The van der Waals surface area contributed by atoms with Crippen LogP contribution in [0, 0.1) is 13.8 Å². The predicted octanol–water partition coefficient (Wildman–Crippen LogP) is 3.07. The van der Waals surface area contributed by atoms with E-state index in [0.717, 1.165) is 22.0 Å². The topological polar surface area (TPSA) is 62.0 Å². The number of hydrogen-bond acceptors (Lipinski definition) is 2. The van der Waals surface area contributed by atoms with Crippen LogP contribution in [0.4, 0.5) is 0 Å². The number of pyridine rings is 1. The van der Waals surface area contributed by atoms with E-state index in [0.29, 0.717) is 11.1 Å². The maximum atomic E-state index is 12.1. The molecule has 0 aliphatic heterocycles. The Bertz CT molecular complexity index is 924. The Hall–Kier alpha value is -2.88. The molecule has 0 atom stereocenters. The number of aromatic nitrogens is 1. The van der Waals surface area contributed by atoms with Crippen molar-refractivity contribution in [2.45, 2.75) is 20.4 Å². The Morgan fingerprint density at radius 1 is 1.00 bits per heavy atom. The van der Waals surface area contributed by atoms with Crippen LogP contribution in [-0.2, 0) is 6.54 Å². The van der Waals surface area contributed by atoms with Crippen molar-refractivity contribution in [3.05, 3.63) is 81.1 Å². The fourth-order valence-corrected chi connectivity index (χ4v) is 2.47. The van der Waals surface area contributed by atoms with Crippen molar-refractivity contribution in [1.82, 2.24) is 10.3 Å². The Balaban J connectivity index is 1.80. The number of fused-ring (bicyclic) bond motifs is 1. The van der Waals surface area contributed by atoms with Crippen LogP contribution in [0.25, 0.3) is 10.9 Å². The molecule has 0 spiro atoms. The number of aryl methyl sites for hydroxylation is 2. The standard InChI is InChI=1S/C19H18N2O2/c1-12-3-6-14(7-4-12)18(22)20-11-16-10-15-8-5-13(2)9-17(15)21-19(16)23/h3-10H,11H2,1-2H3,(H,20,22)(H,21,23). The molecular formula is C19H18N2O2. The van der Waals surface area contributed by atoms with E-state index in [1.807, 2.05) is 50.2 Å². The number of hydrogen-bond donors (Lipinski definition) is 2. The zero-order valence-corrected chi connectivity index (χ0v) is 13.1. The maximum absolute atomic E-state index is 12.1. The zero-order valence-electron chi connectivity index (χ0n) is 13.1. The first-order chi connectivity index (χ1) is 11.0. The minimum absolute atomic E-state index is 0.174. The van der Waals surface area contributed by atoms with Crippen LogP contribution in [0.2, 0.25) is 0 Å². The molecular weight excluding hydrogens is 288 g/mol. The lowest BCUT2D eigenvalue weighted by Gasteiger charge is -2.07. The number of H-pyrrole nitrogens is 1. The first-order valence-electron chi connectivity index (χ1n) is 7.50. The third-order valence-electron chi connectivity index (χ3n) is 3.83. The van der Waals surface area contributed by atoms with Crippen LogP contribution in [0.5, 0.6) is 0 Å². The van der Waals surface area contributed by atoms with E-state index in [4.69, 9.17) is 0 Å². The van der Waals surface area contributed by atoms with E-state index in [-0.39, 0.29) is 18.0 Å². The maximum Gasteiger partial charge on any atom is 0.253 e. The van der Waals surface area contributed by atoms with Gasteiger partial charge in [-0.25, -0.2) is 0 Å². The van der Waals surface area contributed by atoms with Crippen LogP contribution in [0.1, 0.15) is 27.0 Å². The average Bonchev–Trinajstić information content (AvgIpc) is 2.53. The van der Waals surface area contributed by atoms with Gasteiger partial charge in [-0.1, -0.05) is 29.8 Å². The highest BCUT2D eigenvalue weighted by Gasteiger charge is 2.07. The van der Waals surface area contributed by atoms with Crippen molar-refractivity contribution in [2.24, 2.45) is 0 Å². The number of nitrogens with one attached hydrogen (secondary N) is 2. The highest BCUT2D eigenvalue weighted by atomic mass is 16.1. The fourth-order valence-electron chi connectivity index (χ4n) is 2.47. The predicted molar refractivity (Wildman–Crippen MR) is 91.7 cm³/mol. The van der Waals surface area contributed by atoms with E-state index in [1.54, 1.807) is 12.1 Å². The number of carbonyl (C=O) groups is 1. The number of carbonyl (C=O) groups excluding carboxylic acids is 1. The molecule has 0 fully saturated rings. The molecule has 1 heterocycles. The molecule has 0 unspecified atom stereocenters. The van der Waals surface area contributed by atoms with Crippen molar-refractivity contribution in [2.75, 3.05) is 0 Å². The van der Waals surface area contributed by atoms with Gasteiger partial charge in [-0.3, -0.25) is 9.59 Å². The van der Waals surface area contributed by atoms with Gasteiger partial charge in [-0.05, 0) is 49.1 Å². The summed E-state index contributed by atoms with van der Waals surface area (Å²) < 4.78 is 0. The second-order valence-corrected chi connectivity index (χ2v) is 5.76. The third-order valence-corrected chi connectivity index (χ3v) is 3.83. The molecule has 0 saturated carbocycles. The van der Waals surface area contributed by atoms with Gasteiger partial charge in [-0.2, -0.15) is 0 Å². The van der Waals surface area contributed by atoms with Crippen molar-refractivity contribution in [3.63, 3.8) is 0 Å². The quantitative estimate of drug-likeness (QED) is 0.781. The largest absolute Gasteiger partial charge is 0.348 e. The summed E-state index contributed by atoms with van der Waals surface area (Å²) in [5.41, 5.74) is 3.96. The summed E-state index contributed by atoms with van der Waals surface area (Å²) in [6.45, 7) is 4.15. The highest BCUT2D eigenvalue weighted by molar-refractivity contribution is 5.94. The van der Waals surface area contributed by atoms with Crippen molar-refractivity contribution in [1.29, 1.82) is 0 Å². The summed E-state index contributed by atoms with van der Waals surface area (Å²) in [5, 5.41) is 3.75. The molecule has 2 N–H and O–H groups in total. The molecule has 3 rings (SSSR count). The van der Waals surface area contributed by atoms with Gasteiger partial charge in [-0.15, -0.1) is 0 Å². The summed E-state index contributed by atoms with van der Waals surface area (Å²) in [4.78, 5) is 27.1. The monoisotopic (exact) mass is 306 g/mol. The molecule has 0 radical (unpaired) electrons. The van der Waals surface area contributed by atoms with Gasteiger partial charge in [0.15, 0.2) is 0 Å². The number of aromatic amines is 1. The van der Waals surface area contributed by atoms with Crippen molar-refractivity contribution < 1.29 is 4.79 Å². The van der Waals surface area contributed by atoms with Crippen LogP contribution in [0.3, 0.4) is 0 Å². The molecule has 4 heteroatoms. The summed E-state index contributed by atoms with van der Waals surface area (Å²) in [6, 6.07) is 15.0. The van der Waals surface area contributed by atoms with E-state index in [2.05, 4.69) is 10.3 Å². The molecule has 23 heavy (non-hydrogen) atoms. The fraction of sp³-hybridized carbons (Fsp3) is 0.158. The molecule has 116 valence electrons. The summed E-state index contributed by atoms with van der Waals surface area (Å²) in [6.07, 6.45) is 0. The number of amides is 1. The Labute approximate surface area is 134 Å². The Morgan fingerprint density at radius 2 is 1.70 bits per heavy atom. The van der Waals surface area contributed by atoms with Crippen LogP contribution < -0.4 is 10.9 Å². The van der Waals surface area contributed by atoms with Gasteiger partial charge in [0.1, 0.15) is 0 Å². The summed E-state index contributed by atoms with van der Waals surface area (Å²) >= 11 is 0. The zero-order chi connectivity index (χ0) is 16.4. The first-order valence-corrected chi connectivity index (χ1v) is 7.50. The average molecular weight is 306 g/mol. The Kier molecular flexibility index (Phi) is 3.98. The molecule has 4 nitrogen and oxygen atoms in total.